The Bertz CT molecular complexity index is 1530. The molecule has 3 aromatic carbocycles. The number of ether oxygens (including phenoxy) is 1. The van der Waals surface area contributed by atoms with Gasteiger partial charge in [-0.05, 0) is 77.9 Å². The van der Waals surface area contributed by atoms with Gasteiger partial charge < -0.3 is 20.1 Å². The predicted octanol–water partition coefficient (Wildman–Crippen LogP) is 7.44. The molecule has 6 nitrogen and oxygen atoms in total. The van der Waals surface area contributed by atoms with Crippen LogP contribution >= 0.6 is 0 Å². The molecule has 5 rings (SSSR count). The third-order valence-corrected chi connectivity index (χ3v) is 7.80. The summed E-state index contributed by atoms with van der Waals surface area (Å²) in [7, 11) is 1.43. The summed E-state index contributed by atoms with van der Waals surface area (Å²) in [6, 6.07) is 8.34. The normalized spacial score (nSPS) is 20.1. The molecular formula is C30H26F6N2O4. The van der Waals surface area contributed by atoms with E-state index >= 15 is 0 Å². The van der Waals surface area contributed by atoms with E-state index in [4.69, 9.17) is 9.84 Å². The van der Waals surface area contributed by atoms with Gasteiger partial charge >= 0.3 is 18.2 Å². The zero-order valence-corrected chi connectivity index (χ0v) is 22.2. The van der Waals surface area contributed by atoms with Crippen molar-refractivity contribution in [3.63, 3.8) is 0 Å². The fourth-order valence-electron chi connectivity index (χ4n) is 5.94. The zero-order chi connectivity index (χ0) is 30.3. The number of benzene rings is 3. The molecule has 0 aromatic heterocycles. The molecule has 2 amide bonds. The van der Waals surface area contributed by atoms with Gasteiger partial charge in [0.15, 0.2) is 0 Å². The number of hydrogen-bond acceptors (Lipinski definition) is 3. The number of fused-ring (bicyclic) bond motifs is 1. The van der Waals surface area contributed by atoms with Crippen LogP contribution in [-0.4, -0.2) is 35.2 Å². The monoisotopic (exact) mass is 592 g/mol. The number of nitrogens with zero attached hydrogens (tertiary/aromatic N) is 1. The lowest BCUT2D eigenvalue weighted by Crippen LogP contribution is -2.32. The van der Waals surface area contributed by atoms with Crippen LogP contribution in [0.25, 0.3) is 11.1 Å². The van der Waals surface area contributed by atoms with Crippen LogP contribution in [0.1, 0.15) is 65.6 Å². The summed E-state index contributed by atoms with van der Waals surface area (Å²) >= 11 is 0. The maximum absolute atomic E-state index is 14.2. The third-order valence-electron chi connectivity index (χ3n) is 7.80. The number of methoxy groups -OCH3 is 1. The fraction of sp³-hybridized carbons (Fsp3) is 0.333. The number of amides is 2. The van der Waals surface area contributed by atoms with Crippen molar-refractivity contribution in [3.05, 3.63) is 88.2 Å². The van der Waals surface area contributed by atoms with Gasteiger partial charge in [-0.1, -0.05) is 18.2 Å². The molecule has 2 heterocycles. The van der Waals surface area contributed by atoms with Crippen molar-refractivity contribution < 1.29 is 45.8 Å². The molecule has 2 aliphatic heterocycles. The molecule has 0 bridgehead atoms. The smallest absolute Gasteiger partial charge is 0.416 e. The highest BCUT2D eigenvalue weighted by molar-refractivity contribution is 5.81. The summed E-state index contributed by atoms with van der Waals surface area (Å²) in [5, 5.41) is 11.8. The van der Waals surface area contributed by atoms with Gasteiger partial charge in [-0.2, -0.15) is 13.2 Å². The number of carbonyl (C=O) groups excluding carboxylic acids is 1. The Hall–Kier alpha value is -4.22. The number of alkyl halides is 5. The minimum atomic E-state index is -4.79. The van der Waals surface area contributed by atoms with E-state index in [-0.39, 0.29) is 24.0 Å². The van der Waals surface area contributed by atoms with E-state index in [1.165, 1.54) is 30.2 Å². The second-order valence-electron chi connectivity index (χ2n) is 10.3. The summed E-state index contributed by atoms with van der Waals surface area (Å²) in [4.78, 5) is 25.8. The van der Waals surface area contributed by atoms with Gasteiger partial charge in [0, 0.05) is 17.5 Å². The molecule has 2 fully saturated rings. The highest BCUT2D eigenvalue weighted by Crippen LogP contribution is 2.49. The molecule has 0 aliphatic carbocycles. The first kappa shape index (κ1) is 29.3. The number of rotatable bonds is 8. The highest BCUT2D eigenvalue weighted by Gasteiger charge is 2.49. The van der Waals surface area contributed by atoms with Gasteiger partial charge in [0.2, 0.25) is 0 Å². The van der Waals surface area contributed by atoms with E-state index in [0.717, 1.165) is 12.1 Å². The number of urea groups is 1. The largest absolute Gasteiger partial charge is 0.496 e. The molecule has 3 unspecified atom stereocenters. The average molecular weight is 593 g/mol. The van der Waals surface area contributed by atoms with E-state index in [9.17, 15) is 35.9 Å². The van der Waals surface area contributed by atoms with Gasteiger partial charge in [0.25, 0.3) is 6.43 Å². The number of nitrogens with one attached hydrogen (secondary N) is 1. The molecule has 3 atom stereocenters. The summed E-state index contributed by atoms with van der Waals surface area (Å²) in [6.07, 6.45) is -6.88. The Morgan fingerprint density at radius 1 is 1.07 bits per heavy atom. The second-order valence-corrected chi connectivity index (χ2v) is 10.3. The SMILES string of the molecule is COc1ccc(CCC(=O)O)cc1-c1ccc(C(F)F)cc1C1CCC2C(c3cc(F)cc(C(F)(F)F)c3)NC(=O)N12. The Labute approximate surface area is 236 Å². The Kier molecular flexibility index (Phi) is 7.82. The molecule has 222 valence electrons. The first-order chi connectivity index (χ1) is 19.9. The lowest BCUT2D eigenvalue weighted by Gasteiger charge is -2.27. The van der Waals surface area contributed by atoms with Crippen LogP contribution in [-0.2, 0) is 17.4 Å². The van der Waals surface area contributed by atoms with E-state index in [1.807, 2.05) is 0 Å². The van der Waals surface area contributed by atoms with Crippen LogP contribution in [0.4, 0.5) is 31.1 Å². The Morgan fingerprint density at radius 2 is 1.83 bits per heavy atom. The number of carbonyl (C=O) groups is 2. The van der Waals surface area contributed by atoms with Crippen LogP contribution in [0.5, 0.6) is 5.75 Å². The van der Waals surface area contributed by atoms with Crippen LogP contribution in [0.3, 0.4) is 0 Å². The molecule has 2 saturated heterocycles. The maximum atomic E-state index is 14.2. The number of aliphatic carboxylic acids is 1. The number of hydrogen-bond donors (Lipinski definition) is 2. The second kappa shape index (κ2) is 11.2. The standard InChI is InChI=1S/C30H26F6N2O4/c1-42-25-8-2-15(3-9-26(39)40)10-22(25)20-5-4-16(28(32)33)13-21(20)23-6-7-24-27(37-29(41)38(23)24)17-11-18(30(34,35)36)14-19(31)12-17/h2,4-5,8,10-14,23-24,27-28H,3,6-7,9H2,1H3,(H,37,41)(H,39,40). The number of halogens is 6. The minimum absolute atomic E-state index is 0.0434. The van der Waals surface area contributed by atoms with Crippen molar-refractivity contribution in [3.8, 4) is 16.9 Å². The van der Waals surface area contributed by atoms with E-state index in [1.54, 1.807) is 18.2 Å². The molecular weight excluding hydrogens is 566 g/mol. The van der Waals surface area contributed by atoms with Gasteiger partial charge in [0.1, 0.15) is 11.6 Å². The van der Waals surface area contributed by atoms with Crippen molar-refractivity contribution in [1.82, 2.24) is 10.2 Å². The van der Waals surface area contributed by atoms with Gasteiger partial charge in [0.05, 0.1) is 30.8 Å². The third kappa shape index (κ3) is 5.62. The van der Waals surface area contributed by atoms with E-state index in [2.05, 4.69) is 5.32 Å². The Balaban J connectivity index is 1.57. The Morgan fingerprint density at radius 3 is 2.50 bits per heavy atom. The van der Waals surface area contributed by atoms with E-state index < -0.39 is 54.1 Å². The van der Waals surface area contributed by atoms with E-state index in [0.29, 0.717) is 46.9 Å². The molecule has 42 heavy (non-hydrogen) atoms. The molecule has 2 N–H and O–H groups in total. The van der Waals surface area contributed by atoms with Crippen molar-refractivity contribution in [2.24, 2.45) is 0 Å². The lowest BCUT2D eigenvalue weighted by atomic mass is 9.90. The minimum Gasteiger partial charge on any atom is -0.496 e. The number of carboxylic acid groups (broad SMARTS) is 1. The van der Waals surface area contributed by atoms with Crippen LogP contribution in [0.2, 0.25) is 0 Å². The molecule has 0 radical (unpaired) electrons. The predicted molar refractivity (Wildman–Crippen MR) is 140 cm³/mol. The number of aryl methyl sites for hydroxylation is 1. The topological polar surface area (TPSA) is 78.9 Å². The molecule has 3 aromatic rings. The zero-order valence-electron chi connectivity index (χ0n) is 22.2. The summed E-state index contributed by atoms with van der Waals surface area (Å²) < 4.78 is 87.6. The van der Waals surface area contributed by atoms with Crippen molar-refractivity contribution in [2.75, 3.05) is 7.11 Å². The quantitative estimate of drug-likeness (QED) is 0.267. The van der Waals surface area contributed by atoms with Crippen molar-refractivity contribution in [2.45, 2.75) is 56.4 Å². The summed E-state index contributed by atoms with van der Waals surface area (Å²) in [5.74, 6) is -1.68. The maximum Gasteiger partial charge on any atom is 0.416 e. The first-order valence-corrected chi connectivity index (χ1v) is 13.1. The fourth-order valence-corrected chi connectivity index (χ4v) is 5.94. The summed E-state index contributed by atoms with van der Waals surface area (Å²) in [6.45, 7) is 0. The lowest BCUT2D eigenvalue weighted by molar-refractivity contribution is -0.138. The van der Waals surface area contributed by atoms with Crippen LogP contribution in [0.15, 0.2) is 54.6 Å². The van der Waals surface area contributed by atoms with Crippen molar-refractivity contribution in [1.29, 1.82) is 0 Å². The van der Waals surface area contributed by atoms with Gasteiger partial charge in [-0.25, -0.2) is 18.0 Å². The molecule has 0 saturated carbocycles. The molecule has 12 heteroatoms. The van der Waals surface area contributed by atoms with Gasteiger partial charge in [-0.15, -0.1) is 0 Å². The highest BCUT2D eigenvalue weighted by atomic mass is 19.4. The summed E-state index contributed by atoms with van der Waals surface area (Å²) in [5.41, 5.74) is 0.548. The molecule has 2 aliphatic rings. The number of carboxylic acids is 1. The van der Waals surface area contributed by atoms with Gasteiger partial charge in [-0.3, -0.25) is 4.79 Å². The van der Waals surface area contributed by atoms with Crippen molar-refractivity contribution >= 4 is 12.0 Å². The molecule has 0 spiro atoms. The van der Waals surface area contributed by atoms with Crippen LogP contribution in [0, 0.1) is 5.82 Å². The average Bonchev–Trinajstić information content (AvgIpc) is 3.51. The first-order valence-electron chi connectivity index (χ1n) is 13.1. The van der Waals surface area contributed by atoms with Crippen LogP contribution < -0.4 is 10.1 Å².